The third-order valence-electron chi connectivity index (χ3n) is 3.45. The van der Waals surface area contributed by atoms with Crippen LogP contribution in [0.2, 0.25) is 0 Å². The highest BCUT2D eigenvalue weighted by molar-refractivity contribution is 5.58. The molecule has 1 aliphatic rings. The Balaban J connectivity index is 2.44. The van der Waals surface area contributed by atoms with Gasteiger partial charge in [-0.2, -0.15) is 0 Å². The molecule has 0 amide bonds. The molecular formula is C13H18N2O4. The summed E-state index contributed by atoms with van der Waals surface area (Å²) in [6.45, 7) is 1.85. The molecule has 0 saturated carbocycles. The van der Waals surface area contributed by atoms with Crippen molar-refractivity contribution >= 4 is 5.69 Å². The number of nitro benzene ring substituents is 1. The quantitative estimate of drug-likeness (QED) is 0.667. The van der Waals surface area contributed by atoms with Crippen LogP contribution in [0.25, 0.3) is 0 Å². The largest absolute Gasteiger partial charge is 0.493 e. The van der Waals surface area contributed by atoms with Crippen LogP contribution >= 0.6 is 0 Å². The highest BCUT2D eigenvalue weighted by Gasteiger charge is 2.25. The molecule has 0 radical (unpaired) electrons. The van der Waals surface area contributed by atoms with Crippen molar-refractivity contribution in [3.63, 3.8) is 0 Å². The third-order valence-corrected chi connectivity index (χ3v) is 3.45. The predicted octanol–water partition coefficient (Wildman–Crippen LogP) is 2.08. The van der Waals surface area contributed by atoms with E-state index >= 15 is 0 Å². The molecule has 2 rings (SSSR count). The van der Waals surface area contributed by atoms with Gasteiger partial charge >= 0.3 is 5.69 Å². The van der Waals surface area contributed by atoms with Crippen molar-refractivity contribution < 1.29 is 14.4 Å². The maximum atomic E-state index is 11.1. The Morgan fingerprint density at radius 2 is 2.16 bits per heavy atom. The van der Waals surface area contributed by atoms with Crippen LogP contribution in [0.4, 0.5) is 5.69 Å². The van der Waals surface area contributed by atoms with Gasteiger partial charge in [0.1, 0.15) is 0 Å². The summed E-state index contributed by atoms with van der Waals surface area (Å²) in [5.74, 6) is 0.879. The van der Waals surface area contributed by atoms with Crippen LogP contribution in [0.1, 0.15) is 24.3 Å². The zero-order valence-electron chi connectivity index (χ0n) is 11.1. The van der Waals surface area contributed by atoms with Gasteiger partial charge in [0.15, 0.2) is 5.75 Å². The predicted molar refractivity (Wildman–Crippen MR) is 71.0 cm³/mol. The molecule has 1 heterocycles. The van der Waals surface area contributed by atoms with E-state index in [0.29, 0.717) is 5.75 Å². The lowest BCUT2D eigenvalue weighted by atomic mass is 9.91. The van der Waals surface area contributed by atoms with Crippen molar-refractivity contribution in [1.82, 2.24) is 5.32 Å². The molecule has 1 fully saturated rings. The summed E-state index contributed by atoms with van der Waals surface area (Å²) >= 11 is 0. The number of nitro groups is 1. The number of methoxy groups -OCH3 is 2. The SMILES string of the molecule is COc1cc(C2CCCNC2)cc([N+](=O)[O-])c1OC. The Kier molecular flexibility index (Phi) is 4.21. The summed E-state index contributed by atoms with van der Waals surface area (Å²) in [5.41, 5.74) is 0.888. The van der Waals surface area contributed by atoms with Gasteiger partial charge in [-0.15, -0.1) is 0 Å². The van der Waals surface area contributed by atoms with E-state index in [1.54, 1.807) is 6.07 Å². The molecule has 1 aliphatic heterocycles. The fourth-order valence-corrected chi connectivity index (χ4v) is 2.47. The van der Waals surface area contributed by atoms with Crippen LogP contribution < -0.4 is 14.8 Å². The normalized spacial score (nSPS) is 18.9. The first kappa shape index (κ1) is 13.6. The smallest absolute Gasteiger partial charge is 0.315 e. The van der Waals surface area contributed by atoms with E-state index in [-0.39, 0.29) is 17.4 Å². The van der Waals surface area contributed by atoms with Crippen molar-refractivity contribution in [2.24, 2.45) is 0 Å². The monoisotopic (exact) mass is 266 g/mol. The molecule has 0 aliphatic carbocycles. The summed E-state index contributed by atoms with van der Waals surface area (Å²) in [6.07, 6.45) is 2.10. The van der Waals surface area contributed by atoms with Gasteiger partial charge in [0.2, 0.25) is 5.75 Å². The van der Waals surface area contributed by atoms with Crippen molar-refractivity contribution in [2.45, 2.75) is 18.8 Å². The molecule has 1 aromatic carbocycles. The van der Waals surface area contributed by atoms with E-state index in [4.69, 9.17) is 9.47 Å². The van der Waals surface area contributed by atoms with Gasteiger partial charge in [0.25, 0.3) is 0 Å². The number of nitrogens with one attached hydrogen (secondary N) is 1. The van der Waals surface area contributed by atoms with E-state index in [2.05, 4.69) is 5.32 Å². The Labute approximate surface area is 111 Å². The molecule has 1 atom stereocenters. The number of ether oxygens (including phenoxy) is 2. The molecule has 19 heavy (non-hydrogen) atoms. The number of rotatable bonds is 4. The van der Waals surface area contributed by atoms with Crippen molar-refractivity contribution in [3.05, 3.63) is 27.8 Å². The lowest BCUT2D eigenvalue weighted by molar-refractivity contribution is -0.385. The maximum Gasteiger partial charge on any atom is 0.315 e. The summed E-state index contributed by atoms with van der Waals surface area (Å²) in [6, 6.07) is 3.43. The molecule has 0 bridgehead atoms. The van der Waals surface area contributed by atoms with Crippen LogP contribution in [-0.4, -0.2) is 32.2 Å². The van der Waals surface area contributed by atoms with Crippen LogP contribution in [0.5, 0.6) is 11.5 Å². The fraction of sp³-hybridized carbons (Fsp3) is 0.538. The minimum Gasteiger partial charge on any atom is -0.493 e. The zero-order chi connectivity index (χ0) is 13.8. The Morgan fingerprint density at radius 3 is 2.68 bits per heavy atom. The Morgan fingerprint density at radius 1 is 1.37 bits per heavy atom. The van der Waals surface area contributed by atoms with Gasteiger partial charge in [-0.3, -0.25) is 10.1 Å². The summed E-state index contributed by atoms with van der Waals surface area (Å²) in [7, 11) is 2.90. The van der Waals surface area contributed by atoms with Gasteiger partial charge in [-0.25, -0.2) is 0 Å². The van der Waals surface area contributed by atoms with E-state index in [1.165, 1.54) is 14.2 Å². The van der Waals surface area contributed by atoms with Gasteiger partial charge in [-0.05, 0) is 36.9 Å². The second kappa shape index (κ2) is 5.88. The van der Waals surface area contributed by atoms with Gasteiger partial charge < -0.3 is 14.8 Å². The van der Waals surface area contributed by atoms with Gasteiger partial charge in [0, 0.05) is 12.6 Å². The van der Waals surface area contributed by atoms with E-state index in [0.717, 1.165) is 31.5 Å². The molecule has 1 saturated heterocycles. The number of piperidine rings is 1. The first-order valence-corrected chi connectivity index (χ1v) is 6.28. The van der Waals surface area contributed by atoms with E-state index in [9.17, 15) is 10.1 Å². The molecule has 1 N–H and O–H groups in total. The summed E-state index contributed by atoms with van der Waals surface area (Å²) in [4.78, 5) is 10.7. The lowest BCUT2D eigenvalue weighted by Crippen LogP contribution is -2.28. The van der Waals surface area contributed by atoms with E-state index in [1.807, 2.05) is 6.07 Å². The second-order valence-electron chi connectivity index (χ2n) is 4.58. The molecule has 1 unspecified atom stereocenters. The topological polar surface area (TPSA) is 73.6 Å². The van der Waals surface area contributed by atoms with Crippen LogP contribution in [-0.2, 0) is 0 Å². The highest BCUT2D eigenvalue weighted by atomic mass is 16.6. The minimum atomic E-state index is -0.429. The number of hydrogen-bond donors (Lipinski definition) is 1. The molecule has 0 aromatic heterocycles. The zero-order valence-corrected chi connectivity index (χ0v) is 11.1. The fourth-order valence-electron chi connectivity index (χ4n) is 2.47. The molecule has 6 nitrogen and oxygen atoms in total. The Hall–Kier alpha value is -1.82. The number of hydrogen-bond acceptors (Lipinski definition) is 5. The first-order valence-electron chi connectivity index (χ1n) is 6.28. The van der Waals surface area contributed by atoms with Gasteiger partial charge in [0.05, 0.1) is 19.1 Å². The lowest BCUT2D eigenvalue weighted by Gasteiger charge is -2.23. The van der Waals surface area contributed by atoms with Crippen molar-refractivity contribution in [2.75, 3.05) is 27.3 Å². The summed E-state index contributed by atoms with van der Waals surface area (Å²) in [5, 5.41) is 14.4. The van der Waals surface area contributed by atoms with Gasteiger partial charge in [-0.1, -0.05) is 0 Å². The Bertz CT molecular complexity index is 470. The maximum absolute atomic E-state index is 11.1. The number of benzene rings is 1. The van der Waals surface area contributed by atoms with Crippen LogP contribution in [0, 0.1) is 10.1 Å². The number of nitrogens with zero attached hydrogens (tertiary/aromatic N) is 1. The molecule has 1 aromatic rings. The summed E-state index contributed by atoms with van der Waals surface area (Å²) < 4.78 is 10.3. The molecule has 104 valence electrons. The molecular weight excluding hydrogens is 248 g/mol. The van der Waals surface area contributed by atoms with Crippen molar-refractivity contribution in [1.29, 1.82) is 0 Å². The average molecular weight is 266 g/mol. The third kappa shape index (κ3) is 2.78. The highest BCUT2D eigenvalue weighted by Crippen LogP contribution is 2.40. The van der Waals surface area contributed by atoms with Crippen LogP contribution in [0.3, 0.4) is 0 Å². The average Bonchev–Trinajstić information content (AvgIpc) is 2.46. The minimum absolute atomic E-state index is 0.0394. The van der Waals surface area contributed by atoms with Crippen molar-refractivity contribution in [3.8, 4) is 11.5 Å². The second-order valence-corrected chi connectivity index (χ2v) is 4.58. The molecule has 6 heteroatoms. The first-order chi connectivity index (χ1) is 9.17. The standard InChI is InChI=1S/C13H18N2O4/c1-18-12-7-10(9-4-3-5-14-8-9)6-11(15(16)17)13(12)19-2/h6-7,9,14H,3-5,8H2,1-2H3. The van der Waals surface area contributed by atoms with Crippen LogP contribution in [0.15, 0.2) is 12.1 Å². The van der Waals surface area contributed by atoms with E-state index < -0.39 is 4.92 Å². The molecule has 0 spiro atoms.